The second-order valence-corrected chi connectivity index (χ2v) is 9.64. The molecule has 0 unspecified atom stereocenters. The first kappa shape index (κ1) is 23.9. The van der Waals surface area contributed by atoms with Gasteiger partial charge < -0.3 is 10.4 Å². The molecule has 3 aromatic carbocycles. The lowest BCUT2D eigenvalue weighted by atomic mass is 10.1. The van der Waals surface area contributed by atoms with Crippen LogP contribution in [0.2, 0.25) is 5.02 Å². The normalized spacial score (nSPS) is 13.7. The maximum Gasteiger partial charge on any atom is 0.283 e. The second-order valence-electron chi connectivity index (χ2n) is 8.12. The molecule has 174 valence electrons. The highest BCUT2D eigenvalue weighted by molar-refractivity contribution is 8.04. The smallest absolute Gasteiger partial charge is 0.283 e. The van der Waals surface area contributed by atoms with E-state index in [0.29, 0.717) is 16.4 Å². The van der Waals surface area contributed by atoms with Crippen molar-refractivity contribution >= 4 is 46.6 Å². The molecule has 0 fully saturated rings. The van der Waals surface area contributed by atoms with E-state index < -0.39 is 11.8 Å². The van der Waals surface area contributed by atoms with Crippen LogP contribution < -0.4 is 10.2 Å². The summed E-state index contributed by atoms with van der Waals surface area (Å²) in [4.78, 5) is 29.2. The van der Waals surface area contributed by atoms with E-state index in [2.05, 4.69) is 12.2 Å². The monoisotopic (exact) mass is 492 g/mol. The molecule has 0 spiro atoms. The van der Waals surface area contributed by atoms with Gasteiger partial charge in [0.15, 0.2) is 0 Å². The average Bonchev–Trinajstić information content (AvgIpc) is 3.05. The van der Waals surface area contributed by atoms with Crippen LogP contribution in [0.1, 0.15) is 30.9 Å². The van der Waals surface area contributed by atoms with E-state index in [1.54, 1.807) is 54.6 Å². The van der Waals surface area contributed by atoms with Gasteiger partial charge in [-0.2, -0.15) is 0 Å². The standard InChI is InChI=1S/C27H25ClN2O3S/c1-3-4-5-18-7-11-20(12-8-18)30-26(32)24(29-22-16-17(2)6-15-23(22)31)25(27(30)33)34-21-13-9-19(28)10-14-21/h6-16,29,31H,3-5H2,1-2H3. The Balaban J connectivity index is 1.70. The van der Waals surface area contributed by atoms with Crippen LogP contribution in [0.15, 0.2) is 82.2 Å². The van der Waals surface area contributed by atoms with Gasteiger partial charge in [-0.25, -0.2) is 4.90 Å². The third-order valence-corrected chi connectivity index (χ3v) is 6.84. The van der Waals surface area contributed by atoms with Gasteiger partial charge in [-0.3, -0.25) is 9.59 Å². The minimum absolute atomic E-state index is 0.00656. The predicted octanol–water partition coefficient (Wildman–Crippen LogP) is 6.69. The van der Waals surface area contributed by atoms with Gasteiger partial charge in [0.25, 0.3) is 11.8 Å². The Bertz CT molecular complexity index is 1250. The van der Waals surface area contributed by atoms with E-state index in [1.165, 1.54) is 16.7 Å². The number of nitrogens with one attached hydrogen (secondary N) is 1. The SMILES string of the molecule is CCCCc1ccc(N2C(=O)C(Nc3cc(C)ccc3O)=C(Sc3ccc(Cl)cc3)C2=O)cc1. The number of rotatable bonds is 8. The third kappa shape index (κ3) is 5.13. The molecule has 3 aromatic rings. The molecular weight excluding hydrogens is 468 g/mol. The summed E-state index contributed by atoms with van der Waals surface area (Å²) in [7, 11) is 0. The number of anilines is 2. The number of aromatic hydroxyl groups is 1. The van der Waals surface area contributed by atoms with Gasteiger partial charge in [0.2, 0.25) is 0 Å². The van der Waals surface area contributed by atoms with E-state index in [9.17, 15) is 14.7 Å². The summed E-state index contributed by atoms with van der Waals surface area (Å²) in [6.45, 7) is 4.03. The molecule has 0 aliphatic carbocycles. The Hall–Kier alpha value is -3.22. The van der Waals surface area contributed by atoms with Crippen molar-refractivity contribution in [2.75, 3.05) is 10.2 Å². The molecule has 4 rings (SSSR count). The first-order valence-corrected chi connectivity index (χ1v) is 12.3. The molecule has 1 aliphatic rings. The van der Waals surface area contributed by atoms with Gasteiger partial charge in [-0.05, 0) is 79.4 Å². The minimum Gasteiger partial charge on any atom is -0.506 e. The van der Waals surface area contributed by atoms with Crippen LogP contribution in [-0.2, 0) is 16.0 Å². The first-order chi connectivity index (χ1) is 16.4. The fraction of sp³-hybridized carbons (Fsp3) is 0.185. The summed E-state index contributed by atoms with van der Waals surface area (Å²) >= 11 is 7.19. The van der Waals surface area contributed by atoms with Crippen molar-refractivity contribution in [1.29, 1.82) is 0 Å². The molecule has 0 atom stereocenters. The quantitative estimate of drug-likeness (QED) is 0.271. The average molecular weight is 493 g/mol. The molecule has 5 nitrogen and oxygen atoms in total. The van der Waals surface area contributed by atoms with Gasteiger partial charge >= 0.3 is 0 Å². The van der Waals surface area contributed by atoms with Crippen molar-refractivity contribution in [3.8, 4) is 5.75 Å². The van der Waals surface area contributed by atoms with Gasteiger partial charge in [-0.15, -0.1) is 0 Å². The van der Waals surface area contributed by atoms with Crippen LogP contribution in [0.3, 0.4) is 0 Å². The third-order valence-electron chi connectivity index (χ3n) is 5.50. The van der Waals surface area contributed by atoms with Crippen molar-refractivity contribution in [1.82, 2.24) is 0 Å². The number of halogens is 1. The predicted molar refractivity (Wildman–Crippen MR) is 138 cm³/mol. The lowest BCUT2D eigenvalue weighted by Crippen LogP contribution is -2.32. The Morgan fingerprint density at radius 1 is 0.971 bits per heavy atom. The highest BCUT2D eigenvalue weighted by Gasteiger charge is 2.40. The molecular formula is C27H25ClN2O3S. The summed E-state index contributed by atoms with van der Waals surface area (Å²) in [5.41, 5.74) is 3.07. The Morgan fingerprint density at radius 3 is 2.35 bits per heavy atom. The highest BCUT2D eigenvalue weighted by Crippen LogP contribution is 2.39. The maximum atomic E-state index is 13.5. The topological polar surface area (TPSA) is 69.6 Å². The zero-order valence-corrected chi connectivity index (χ0v) is 20.5. The number of aryl methyl sites for hydroxylation is 2. The van der Waals surface area contributed by atoms with Gasteiger partial charge in [0.05, 0.1) is 11.4 Å². The van der Waals surface area contributed by atoms with Crippen LogP contribution >= 0.6 is 23.4 Å². The molecule has 0 aromatic heterocycles. The van der Waals surface area contributed by atoms with Gasteiger partial charge in [-0.1, -0.05) is 54.9 Å². The molecule has 34 heavy (non-hydrogen) atoms. The number of unbranched alkanes of at least 4 members (excludes halogenated alkanes) is 1. The van der Waals surface area contributed by atoms with Crippen molar-refractivity contribution in [2.24, 2.45) is 0 Å². The van der Waals surface area contributed by atoms with Crippen molar-refractivity contribution in [2.45, 2.75) is 38.0 Å². The maximum absolute atomic E-state index is 13.5. The molecule has 1 heterocycles. The molecule has 2 amide bonds. The number of amides is 2. The Kier molecular flexibility index (Phi) is 7.29. The van der Waals surface area contributed by atoms with Crippen molar-refractivity contribution < 1.29 is 14.7 Å². The number of nitrogens with zero attached hydrogens (tertiary/aromatic N) is 1. The molecule has 7 heteroatoms. The van der Waals surface area contributed by atoms with Crippen molar-refractivity contribution in [3.05, 3.63) is 93.5 Å². The molecule has 1 aliphatic heterocycles. The number of thioether (sulfide) groups is 1. The Morgan fingerprint density at radius 2 is 1.68 bits per heavy atom. The number of phenolic OH excluding ortho intramolecular Hbond substituents is 1. The lowest BCUT2D eigenvalue weighted by molar-refractivity contribution is -0.120. The van der Waals surface area contributed by atoms with Crippen LogP contribution in [0, 0.1) is 6.92 Å². The number of imide groups is 1. The molecule has 2 N–H and O–H groups in total. The molecule has 0 saturated carbocycles. The molecule has 0 saturated heterocycles. The van der Waals surface area contributed by atoms with Crippen LogP contribution in [-0.4, -0.2) is 16.9 Å². The number of benzene rings is 3. The van der Waals surface area contributed by atoms with E-state index in [-0.39, 0.29) is 16.4 Å². The zero-order valence-electron chi connectivity index (χ0n) is 19.0. The molecule has 0 bridgehead atoms. The second kappa shape index (κ2) is 10.4. The van der Waals surface area contributed by atoms with E-state index in [0.717, 1.165) is 35.3 Å². The first-order valence-electron chi connectivity index (χ1n) is 11.1. The number of carbonyl (C=O) groups excluding carboxylic acids is 2. The summed E-state index contributed by atoms with van der Waals surface area (Å²) in [6.07, 6.45) is 3.13. The number of hydrogen-bond donors (Lipinski definition) is 2. The fourth-order valence-electron chi connectivity index (χ4n) is 3.65. The summed E-state index contributed by atoms with van der Waals surface area (Å²) in [6, 6.07) is 19.6. The van der Waals surface area contributed by atoms with Crippen LogP contribution in [0.25, 0.3) is 0 Å². The summed E-state index contributed by atoms with van der Waals surface area (Å²) in [5, 5.41) is 13.9. The number of carbonyl (C=O) groups is 2. The highest BCUT2D eigenvalue weighted by atomic mass is 35.5. The van der Waals surface area contributed by atoms with E-state index in [1.807, 2.05) is 19.1 Å². The Labute approximate surface area is 208 Å². The van der Waals surface area contributed by atoms with E-state index in [4.69, 9.17) is 11.6 Å². The number of phenols is 1. The fourth-order valence-corrected chi connectivity index (χ4v) is 4.70. The van der Waals surface area contributed by atoms with Gasteiger partial charge in [0.1, 0.15) is 16.4 Å². The zero-order chi connectivity index (χ0) is 24.2. The van der Waals surface area contributed by atoms with E-state index >= 15 is 0 Å². The molecule has 0 radical (unpaired) electrons. The van der Waals surface area contributed by atoms with Crippen LogP contribution in [0.4, 0.5) is 11.4 Å². The lowest BCUT2D eigenvalue weighted by Gasteiger charge is -2.16. The van der Waals surface area contributed by atoms with Crippen LogP contribution in [0.5, 0.6) is 5.75 Å². The van der Waals surface area contributed by atoms with Gasteiger partial charge in [0, 0.05) is 9.92 Å². The summed E-state index contributed by atoms with van der Waals surface area (Å²) in [5.74, 6) is -0.891. The minimum atomic E-state index is -0.469. The largest absolute Gasteiger partial charge is 0.506 e. The number of hydrogen-bond acceptors (Lipinski definition) is 5. The summed E-state index contributed by atoms with van der Waals surface area (Å²) < 4.78 is 0. The van der Waals surface area contributed by atoms with Crippen molar-refractivity contribution in [3.63, 3.8) is 0 Å².